The van der Waals surface area contributed by atoms with Gasteiger partial charge >= 0.3 is 18.0 Å². The Morgan fingerprint density at radius 1 is 0.850 bits per heavy atom. The molecule has 0 aromatic carbocycles. The van der Waals surface area contributed by atoms with Gasteiger partial charge in [-0.1, -0.05) is 46.5 Å². The maximum absolute atomic E-state index is 12.3. The number of methoxy groups -OCH3 is 2. The normalized spacial score (nSPS) is 13.8. The highest BCUT2D eigenvalue weighted by Crippen LogP contribution is 2.14. The molecular formula is C28H54N4O8. The van der Waals surface area contributed by atoms with Crippen molar-refractivity contribution in [2.24, 2.45) is 11.7 Å². The van der Waals surface area contributed by atoms with Gasteiger partial charge in [0.2, 0.25) is 11.8 Å². The number of nitrogens with one attached hydrogen (secondary N) is 1. The van der Waals surface area contributed by atoms with Crippen LogP contribution in [0.5, 0.6) is 0 Å². The van der Waals surface area contributed by atoms with Crippen LogP contribution >= 0.6 is 0 Å². The number of carbonyl (C=O) groups is 5. The molecule has 0 aromatic rings. The van der Waals surface area contributed by atoms with Crippen LogP contribution in [0.2, 0.25) is 0 Å². The van der Waals surface area contributed by atoms with E-state index in [-0.39, 0.29) is 25.0 Å². The summed E-state index contributed by atoms with van der Waals surface area (Å²) in [4.78, 5) is 60.9. The fraction of sp³-hybridized carbons (Fsp3) is 0.821. The third-order valence-electron chi connectivity index (χ3n) is 5.67. The molecule has 0 aromatic heterocycles. The van der Waals surface area contributed by atoms with Gasteiger partial charge in [-0.15, -0.1) is 0 Å². The largest absolute Gasteiger partial charge is 0.469 e. The van der Waals surface area contributed by atoms with Crippen LogP contribution in [0.25, 0.3) is 0 Å². The van der Waals surface area contributed by atoms with Crippen LogP contribution in [0.3, 0.4) is 0 Å². The summed E-state index contributed by atoms with van der Waals surface area (Å²) in [5.74, 6) is -2.38. The Balaban J connectivity index is 0. The second-order valence-corrected chi connectivity index (χ2v) is 10.5. The smallest absolute Gasteiger partial charge is 0.410 e. The highest BCUT2D eigenvalue weighted by atomic mass is 16.6. The molecule has 3 amide bonds. The Kier molecular flexibility index (Phi) is 22.5. The molecule has 1 aliphatic rings. The van der Waals surface area contributed by atoms with Crippen LogP contribution in [-0.2, 0) is 33.4 Å². The lowest BCUT2D eigenvalue weighted by Gasteiger charge is -2.36. The highest BCUT2D eigenvalue weighted by molar-refractivity contribution is 5.87. The average Bonchev–Trinajstić information content (AvgIpc) is 2.90. The van der Waals surface area contributed by atoms with Gasteiger partial charge in [0.25, 0.3) is 0 Å². The van der Waals surface area contributed by atoms with E-state index in [1.807, 2.05) is 25.7 Å². The van der Waals surface area contributed by atoms with Gasteiger partial charge in [-0.05, 0) is 27.2 Å². The molecule has 0 radical (unpaired) electrons. The quantitative estimate of drug-likeness (QED) is 0.203. The van der Waals surface area contributed by atoms with Gasteiger partial charge in [0.15, 0.2) is 0 Å². The number of hydrogen-bond acceptors (Lipinski definition) is 9. The third-order valence-corrected chi connectivity index (χ3v) is 5.67. The van der Waals surface area contributed by atoms with Crippen molar-refractivity contribution in [2.45, 2.75) is 92.1 Å². The number of piperazine rings is 1. The molecule has 1 aliphatic heterocycles. The zero-order valence-corrected chi connectivity index (χ0v) is 26.0. The van der Waals surface area contributed by atoms with Crippen LogP contribution in [0.4, 0.5) is 4.79 Å². The molecule has 40 heavy (non-hydrogen) atoms. The number of nitrogens with zero attached hydrogens (tertiary/aromatic N) is 2. The molecule has 0 aliphatic carbocycles. The van der Waals surface area contributed by atoms with Gasteiger partial charge in [0, 0.05) is 45.6 Å². The van der Waals surface area contributed by atoms with E-state index in [0.29, 0.717) is 39.1 Å². The Morgan fingerprint density at radius 3 is 1.82 bits per heavy atom. The van der Waals surface area contributed by atoms with E-state index < -0.39 is 29.3 Å². The maximum atomic E-state index is 12.3. The summed E-state index contributed by atoms with van der Waals surface area (Å²) in [6.45, 7) is 13.9. The summed E-state index contributed by atoms with van der Waals surface area (Å²) < 4.78 is 14.3. The number of carbonyl (C=O) groups excluding carboxylic acids is 5. The van der Waals surface area contributed by atoms with Crippen molar-refractivity contribution >= 4 is 29.8 Å². The van der Waals surface area contributed by atoms with Gasteiger partial charge in [0.1, 0.15) is 12.1 Å². The molecule has 234 valence electrons. The van der Waals surface area contributed by atoms with Gasteiger partial charge in [0.05, 0.1) is 20.1 Å². The van der Waals surface area contributed by atoms with Crippen LogP contribution < -0.4 is 11.1 Å². The Labute approximate surface area is 240 Å². The standard InChI is InChI=1S/C17H30N4O6.C7H14O2.C4H10/c1-17(2,3)27-16(25)21-7-5-20(6-8-21)11-12(9-13(18)22)15(24)19-10-14(23)26-4;1-3-4-5-6-7(8)9-2;1-3-4-2/h12H,5-11H2,1-4H3,(H2,18,22)(H,19,24);3-6H2,1-2H3;3-4H2,1-2H3. The maximum Gasteiger partial charge on any atom is 0.410 e. The Bertz CT molecular complexity index is 745. The molecule has 12 nitrogen and oxygen atoms in total. The number of rotatable bonds is 12. The van der Waals surface area contributed by atoms with E-state index in [2.05, 4.69) is 35.6 Å². The van der Waals surface area contributed by atoms with Gasteiger partial charge in [-0.2, -0.15) is 0 Å². The lowest BCUT2D eigenvalue weighted by Crippen LogP contribution is -2.52. The molecular weight excluding hydrogens is 520 g/mol. The first-order valence-electron chi connectivity index (χ1n) is 14.1. The van der Waals surface area contributed by atoms with Crippen LogP contribution in [0, 0.1) is 5.92 Å². The summed E-state index contributed by atoms with van der Waals surface area (Å²) in [6.07, 6.45) is 5.95. The monoisotopic (exact) mass is 574 g/mol. The zero-order chi connectivity index (χ0) is 31.1. The number of unbranched alkanes of at least 4 members (excludes halogenated alkanes) is 3. The number of hydrogen-bond donors (Lipinski definition) is 2. The number of amides is 3. The topological polar surface area (TPSA) is 158 Å². The molecule has 1 heterocycles. The van der Waals surface area contributed by atoms with E-state index in [4.69, 9.17) is 10.5 Å². The summed E-state index contributed by atoms with van der Waals surface area (Å²) in [7, 11) is 2.65. The first-order chi connectivity index (χ1) is 18.7. The predicted octanol–water partition coefficient (Wildman–Crippen LogP) is 2.87. The second kappa shape index (κ2) is 22.9. The van der Waals surface area contributed by atoms with E-state index in [0.717, 1.165) is 19.3 Å². The Morgan fingerprint density at radius 2 is 1.40 bits per heavy atom. The van der Waals surface area contributed by atoms with Crippen LogP contribution in [-0.4, -0.2) is 98.7 Å². The second-order valence-electron chi connectivity index (χ2n) is 10.5. The Hall–Kier alpha value is -2.89. The van der Waals surface area contributed by atoms with Crippen LogP contribution in [0.1, 0.15) is 86.5 Å². The summed E-state index contributed by atoms with van der Waals surface area (Å²) >= 11 is 0. The first kappa shape index (κ1) is 39.3. The van der Waals surface area contributed by atoms with Crippen molar-refractivity contribution in [3.63, 3.8) is 0 Å². The minimum atomic E-state index is -0.680. The average molecular weight is 575 g/mol. The minimum absolute atomic E-state index is 0.0940. The highest BCUT2D eigenvalue weighted by Gasteiger charge is 2.29. The minimum Gasteiger partial charge on any atom is -0.469 e. The van der Waals surface area contributed by atoms with Gasteiger partial charge < -0.3 is 30.2 Å². The van der Waals surface area contributed by atoms with E-state index in [1.165, 1.54) is 27.1 Å². The van der Waals surface area contributed by atoms with Gasteiger partial charge in [-0.25, -0.2) is 4.79 Å². The molecule has 1 saturated heterocycles. The number of primary amides is 1. The SMILES string of the molecule is CCCC.CCCCCC(=O)OC.COC(=O)CNC(=O)C(CC(N)=O)CN1CCN(C(=O)OC(C)(C)C)CC1. The van der Waals surface area contributed by atoms with E-state index in [1.54, 1.807) is 4.90 Å². The molecule has 1 atom stereocenters. The molecule has 0 spiro atoms. The van der Waals surface area contributed by atoms with Crippen molar-refractivity contribution in [3.05, 3.63) is 0 Å². The van der Waals surface area contributed by atoms with Crippen molar-refractivity contribution in [1.82, 2.24) is 15.1 Å². The molecule has 0 saturated carbocycles. The summed E-state index contributed by atoms with van der Waals surface area (Å²) in [5, 5.41) is 2.45. The predicted molar refractivity (Wildman–Crippen MR) is 153 cm³/mol. The number of esters is 2. The number of ether oxygens (including phenoxy) is 3. The lowest BCUT2D eigenvalue weighted by molar-refractivity contribution is -0.142. The molecule has 1 rings (SSSR count). The van der Waals surface area contributed by atoms with Crippen molar-refractivity contribution in [1.29, 1.82) is 0 Å². The lowest BCUT2D eigenvalue weighted by atomic mass is 10.0. The molecule has 12 heteroatoms. The molecule has 0 bridgehead atoms. The third kappa shape index (κ3) is 22.0. The molecule has 3 N–H and O–H groups in total. The summed E-state index contributed by atoms with van der Waals surface area (Å²) in [6, 6.07) is 0. The van der Waals surface area contributed by atoms with E-state index >= 15 is 0 Å². The van der Waals surface area contributed by atoms with E-state index in [9.17, 15) is 24.0 Å². The fourth-order valence-corrected chi connectivity index (χ4v) is 3.23. The molecule has 1 fully saturated rings. The number of nitrogens with two attached hydrogens (primary N) is 1. The van der Waals surface area contributed by atoms with Crippen molar-refractivity contribution in [2.75, 3.05) is 53.5 Å². The van der Waals surface area contributed by atoms with Crippen LogP contribution in [0.15, 0.2) is 0 Å². The van der Waals surface area contributed by atoms with Crippen molar-refractivity contribution in [3.8, 4) is 0 Å². The van der Waals surface area contributed by atoms with Gasteiger partial charge in [-0.3, -0.25) is 24.1 Å². The summed E-state index contributed by atoms with van der Waals surface area (Å²) in [5.41, 5.74) is 4.68. The fourth-order valence-electron chi connectivity index (χ4n) is 3.23. The van der Waals surface area contributed by atoms with Crippen molar-refractivity contribution < 1.29 is 38.2 Å². The molecule has 1 unspecified atom stereocenters. The zero-order valence-electron chi connectivity index (χ0n) is 26.0. The first-order valence-corrected chi connectivity index (χ1v) is 14.1.